The molecule has 0 heterocycles. The van der Waals surface area contributed by atoms with Crippen molar-refractivity contribution in [3.63, 3.8) is 0 Å². The van der Waals surface area contributed by atoms with Crippen molar-refractivity contribution in [3.8, 4) is 0 Å². The molecule has 0 saturated carbocycles. The molecule has 1 aromatic rings. The molecule has 0 aliphatic rings. The maximum Gasteiger partial charge on any atom is 0.321 e. The fourth-order valence-corrected chi connectivity index (χ4v) is 2.42. The van der Waals surface area contributed by atoms with Gasteiger partial charge in [-0.2, -0.15) is 0 Å². The Labute approximate surface area is 100 Å². The molecule has 1 rings (SSSR count). The molecule has 0 bridgehead atoms. The van der Waals surface area contributed by atoms with E-state index in [2.05, 4.69) is 0 Å². The van der Waals surface area contributed by atoms with Gasteiger partial charge in [0, 0.05) is 10.3 Å². The third kappa shape index (κ3) is 2.39. The fourth-order valence-electron chi connectivity index (χ4n) is 1.65. The van der Waals surface area contributed by atoms with Crippen molar-refractivity contribution in [1.29, 1.82) is 0 Å². The van der Waals surface area contributed by atoms with E-state index < -0.39 is 17.4 Å². The predicted molar refractivity (Wildman–Crippen MR) is 66.9 cm³/mol. The van der Waals surface area contributed by atoms with Gasteiger partial charge in [0.05, 0.1) is 0 Å². The normalized spacial score (nSPS) is 13.5. The SMILES string of the molecule is CSc1ccccc1C(C)(C)C(N)C(=O)O. The van der Waals surface area contributed by atoms with Gasteiger partial charge in [-0.25, -0.2) is 0 Å². The Hall–Kier alpha value is -1.00. The van der Waals surface area contributed by atoms with Crippen LogP contribution in [0.25, 0.3) is 0 Å². The van der Waals surface area contributed by atoms with Gasteiger partial charge in [0.1, 0.15) is 6.04 Å². The van der Waals surface area contributed by atoms with Crippen LogP contribution in [0.15, 0.2) is 29.2 Å². The van der Waals surface area contributed by atoms with Crippen LogP contribution in [0.1, 0.15) is 19.4 Å². The minimum absolute atomic E-state index is 0.578. The molecule has 1 atom stereocenters. The van der Waals surface area contributed by atoms with Crippen LogP contribution in [-0.4, -0.2) is 23.4 Å². The summed E-state index contributed by atoms with van der Waals surface area (Å²) in [6, 6.07) is 6.87. The third-order valence-corrected chi connectivity index (χ3v) is 3.64. The van der Waals surface area contributed by atoms with Gasteiger partial charge < -0.3 is 10.8 Å². The highest BCUT2D eigenvalue weighted by atomic mass is 32.2. The zero-order chi connectivity index (χ0) is 12.3. The summed E-state index contributed by atoms with van der Waals surface area (Å²) in [5, 5.41) is 9.01. The molecule has 3 nitrogen and oxygen atoms in total. The van der Waals surface area contributed by atoms with Crippen molar-refractivity contribution in [3.05, 3.63) is 29.8 Å². The average molecular weight is 239 g/mol. The van der Waals surface area contributed by atoms with Gasteiger partial charge in [-0.15, -0.1) is 11.8 Å². The lowest BCUT2D eigenvalue weighted by Gasteiger charge is -2.30. The van der Waals surface area contributed by atoms with Crippen LogP contribution in [0, 0.1) is 0 Å². The Morgan fingerprint density at radius 1 is 1.44 bits per heavy atom. The van der Waals surface area contributed by atoms with Gasteiger partial charge in [-0.1, -0.05) is 32.0 Å². The third-order valence-electron chi connectivity index (χ3n) is 2.84. The molecule has 0 spiro atoms. The Balaban J connectivity index is 3.20. The Bertz CT molecular complexity index is 390. The fraction of sp³-hybridized carbons (Fsp3) is 0.417. The maximum absolute atomic E-state index is 11.0. The Kier molecular flexibility index (Phi) is 3.99. The van der Waals surface area contributed by atoms with Crippen LogP contribution in [-0.2, 0) is 10.2 Å². The van der Waals surface area contributed by atoms with E-state index in [9.17, 15) is 4.79 Å². The first kappa shape index (κ1) is 13.1. The number of carbonyl (C=O) groups is 1. The molecule has 0 fully saturated rings. The summed E-state index contributed by atoms with van der Waals surface area (Å²) in [5.74, 6) is -0.971. The van der Waals surface area contributed by atoms with Crippen molar-refractivity contribution in [2.24, 2.45) is 5.73 Å². The molecule has 0 amide bonds. The molecule has 0 radical (unpaired) electrons. The van der Waals surface area contributed by atoms with Crippen LogP contribution in [0.2, 0.25) is 0 Å². The number of hydrogen-bond donors (Lipinski definition) is 2. The number of rotatable bonds is 4. The highest BCUT2D eigenvalue weighted by Crippen LogP contribution is 2.33. The summed E-state index contributed by atoms with van der Waals surface area (Å²) in [6.45, 7) is 3.72. The van der Waals surface area contributed by atoms with Gasteiger partial charge >= 0.3 is 5.97 Å². The molecule has 4 heteroatoms. The van der Waals surface area contributed by atoms with E-state index in [4.69, 9.17) is 10.8 Å². The zero-order valence-electron chi connectivity index (χ0n) is 9.73. The molecule has 1 unspecified atom stereocenters. The van der Waals surface area contributed by atoms with Crippen molar-refractivity contribution < 1.29 is 9.90 Å². The first-order valence-electron chi connectivity index (χ1n) is 5.03. The molecule has 16 heavy (non-hydrogen) atoms. The van der Waals surface area contributed by atoms with E-state index in [-0.39, 0.29) is 0 Å². The first-order valence-corrected chi connectivity index (χ1v) is 6.25. The molecule has 0 aromatic heterocycles. The predicted octanol–water partition coefficient (Wildman–Crippen LogP) is 2.10. The largest absolute Gasteiger partial charge is 0.480 e. The number of nitrogens with two attached hydrogens (primary N) is 1. The van der Waals surface area contributed by atoms with Crippen molar-refractivity contribution in [2.75, 3.05) is 6.26 Å². The van der Waals surface area contributed by atoms with Crippen LogP contribution >= 0.6 is 11.8 Å². The molecular formula is C12H17NO2S. The number of hydrogen-bond acceptors (Lipinski definition) is 3. The molecule has 0 saturated heterocycles. The van der Waals surface area contributed by atoms with E-state index in [1.165, 1.54) is 0 Å². The smallest absolute Gasteiger partial charge is 0.321 e. The van der Waals surface area contributed by atoms with Gasteiger partial charge in [0.25, 0.3) is 0 Å². The summed E-state index contributed by atoms with van der Waals surface area (Å²) < 4.78 is 0. The number of aliphatic carboxylic acids is 1. The summed E-state index contributed by atoms with van der Waals surface area (Å²) in [5.41, 5.74) is 6.15. The molecular weight excluding hydrogens is 222 g/mol. The van der Waals surface area contributed by atoms with E-state index in [0.29, 0.717) is 0 Å². The number of carboxylic acid groups (broad SMARTS) is 1. The van der Waals surface area contributed by atoms with E-state index in [1.807, 2.05) is 44.4 Å². The van der Waals surface area contributed by atoms with Crippen molar-refractivity contribution in [2.45, 2.75) is 30.2 Å². The average Bonchev–Trinajstić information content (AvgIpc) is 2.27. The lowest BCUT2D eigenvalue weighted by Crippen LogP contribution is -2.47. The molecule has 88 valence electrons. The van der Waals surface area contributed by atoms with Gasteiger partial charge in [-0.3, -0.25) is 4.79 Å². The highest BCUT2D eigenvalue weighted by molar-refractivity contribution is 7.98. The Morgan fingerprint density at radius 3 is 2.50 bits per heavy atom. The molecule has 0 aliphatic heterocycles. The quantitative estimate of drug-likeness (QED) is 0.790. The summed E-state index contributed by atoms with van der Waals surface area (Å²) >= 11 is 1.60. The van der Waals surface area contributed by atoms with E-state index in [1.54, 1.807) is 11.8 Å². The van der Waals surface area contributed by atoms with Crippen molar-refractivity contribution in [1.82, 2.24) is 0 Å². The molecule has 0 aliphatic carbocycles. The molecule has 1 aromatic carbocycles. The van der Waals surface area contributed by atoms with Crippen LogP contribution in [0.5, 0.6) is 0 Å². The maximum atomic E-state index is 11.0. The minimum atomic E-state index is -0.971. The molecule has 3 N–H and O–H groups in total. The Morgan fingerprint density at radius 2 is 2.00 bits per heavy atom. The van der Waals surface area contributed by atoms with Gasteiger partial charge in [-0.05, 0) is 17.9 Å². The topological polar surface area (TPSA) is 63.3 Å². The van der Waals surface area contributed by atoms with Gasteiger partial charge in [0.2, 0.25) is 0 Å². The van der Waals surface area contributed by atoms with Crippen LogP contribution in [0.3, 0.4) is 0 Å². The number of benzene rings is 1. The van der Waals surface area contributed by atoms with E-state index >= 15 is 0 Å². The second kappa shape index (κ2) is 4.89. The number of thioether (sulfide) groups is 1. The standard InChI is InChI=1S/C12H17NO2S/c1-12(2,10(13)11(14)15)8-6-4-5-7-9(8)16-3/h4-7,10H,13H2,1-3H3,(H,14,15). The minimum Gasteiger partial charge on any atom is -0.480 e. The van der Waals surface area contributed by atoms with E-state index in [0.717, 1.165) is 10.5 Å². The second-order valence-electron chi connectivity index (χ2n) is 4.24. The van der Waals surface area contributed by atoms with Gasteiger partial charge in [0.15, 0.2) is 0 Å². The lowest BCUT2D eigenvalue weighted by atomic mass is 9.78. The summed E-state index contributed by atoms with van der Waals surface area (Å²) in [7, 11) is 0. The summed E-state index contributed by atoms with van der Waals surface area (Å²) in [6.07, 6.45) is 1.97. The van der Waals surface area contributed by atoms with Crippen LogP contribution in [0.4, 0.5) is 0 Å². The van der Waals surface area contributed by atoms with Crippen LogP contribution < -0.4 is 5.73 Å². The highest BCUT2D eigenvalue weighted by Gasteiger charge is 2.35. The number of carboxylic acids is 1. The van der Waals surface area contributed by atoms with Crippen molar-refractivity contribution >= 4 is 17.7 Å². The zero-order valence-corrected chi connectivity index (χ0v) is 10.5. The monoisotopic (exact) mass is 239 g/mol. The second-order valence-corrected chi connectivity index (χ2v) is 5.09. The summed E-state index contributed by atoms with van der Waals surface area (Å²) in [4.78, 5) is 12.1. The lowest BCUT2D eigenvalue weighted by molar-refractivity contribution is -0.140. The first-order chi connectivity index (χ1) is 7.41.